The van der Waals surface area contributed by atoms with Gasteiger partial charge in [-0.3, -0.25) is 0 Å². The van der Waals surface area contributed by atoms with Crippen LogP contribution >= 0.6 is 0 Å². The minimum Gasteiger partial charge on any atom is -0.493 e. The predicted octanol–water partition coefficient (Wildman–Crippen LogP) is 3.78. The molecule has 1 aliphatic rings. The van der Waals surface area contributed by atoms with Crippen LogP contribution in [0.15, 0.2) is 42.5 Å². The lowest BCUT2D eigenvalue weighted by atomic mass is 10.1. The molecule has 0 radical (unpaired) electrons. The topological polar surface area (TPSA) is 39.7 Å². The van der Waals surface area contributed by atoms with E-state index in [0.717, 1.165) is 30.1 Å². The first-order chi connectivity index (χ1) is 11.8. The Bertz CT molecular complexity index is 628. The molecule has 4 heteroatoms. The van der Waals surface area contributed by atoms with Gasteiger partial charge in [0.1, 0.15) is 6.61 Å². The molecule has 2 aromatic carbocycles. The zero-order valence-corrected chi connectivity index (χ0v) is 14.4. The molecule has 1 aliphatic carbocycles. The second-order valence-corrected chi connectivity index (χ2v) is 6.18. The average Bonchev–Trinajstić information content (AvgIpc) is 3.45. The third kappa shape index (κ3) is 4.42. The Morgan fingerprint density at radius 3 is 2.21 bits per heavy atom. The first kappa shape index (κ1) is 16.7. The summed E-state index contributed by atoms with van der Waals surface area (Å²) in [6.45, 7) is 2.37. The Balaban J connectivity index is 1.71. The Morgan fingerprint density at radius 2 is 1.62 bits per heavy atom. The average molecular weight is 327 g/mol. The van der Waals surface area contributed by atoms with Crippen LogP contribution < -0.4 is 19.5 Å². The van der Waals surface area contributed by atoms with E-state index < -0.39 is 0 Å². The number of hydrogen-bond acceptors (Lipinski definition) is 4. The Kier molecular flexibility index (Phi) is 5.59. The van der Waals surface area contributed by atoms with Crippen LogP contribution in [0.1, 0.15) is 24.0 Å². The van der Waals surface area contributed by atoms with Crippen molar-refractivity contribution in [2.75, 3.05) is 20.8 Å². The van der Waals surface area contributed by atoms with Gasteiger partial charge >= 0.3 is 0 Å². The maximum absolute atomic E-state index is 5.97. The van der Waals surface area contributed by atoms with Gasteiger partial charge in [-0.2, -0.15) is 0 Å². The summed E-state index contributed by atoms with van der Waals surface area (Å²) >= 11 is 0. The van der Waals surface area contributed by atoms with E-state index in [0.29, 0.717) is 23.9 Å². The molecule has 0 saturated heterocycles. The molecule has 4 nitrogen and oxygen atoms in total. The zero-order valence-electron chi connectivity index (χ0n) is 14.4. The molecular formula is C20H25NO3. The monoisotopic (exact) mass is 327 g/mol. The predicted molar refractivity (Wildman–Crippen MR) is 94.8 cm³/mol. The standard InChI is InChI=1S/C20H25NO3/c1-22-18-10-17(13-21-12-15-8-9-15)11-19(23-2)20(18)24-14-16-6-4-3-5-7-16/h3-7,10-11,15,21H,8-9,12-14H2,1-2H3. The molecule has 1 N–H and O–H groups in total. The van der Waals surface area contributed by atoms with E-state index in [9.17, 15) is 0 Å². The Hall–Kier alpha value is -2.20. The SMILES string of the molecule is COc1cc(CNCC2CC2)cc(OC)c1OCc1ccccc1. The first-order valence-electron chi connectivity index (χ1n) is 8.42. The van der Waals surface area contributed by atoms with Crippen LogP contribution in [-0.4, -0.2) is 20.8 Å². The molecule has 1 saturated carbocycles. The van der Waals surface area contributed by atoms with Crippen LogP contribution in [0.25, 0.3) is 0 Å². The fraction of sp³-hybridized carbons (Fsp3) is 0.400. The van der Waals surface area contributed by atoms with Gasteiger partial charge in [0.05, 0.1) is 14.2 Å². The molecule has 0 aliphatic heterocycles. The van der Waals surface area contributed by atoms with E-state index in [1.54, 1.807) is 14.2 Å². The summed E-state index contributed by atoms with van der Waals surface area (Å²) in [5, 5.41) is 3.49. The Morgan fingerprint density at radius 1 is 0.958 bits per heavy atom. The third-order valence-electron chi connectivity index (χ3n) is 4.21. The zero-order chi connectivity index (χ0) is 16.8. The van der Waals surface area contributed by atoms with Crippen LogP contribution in [0.4, 0.5) is 0 Å². The molecular weight excluding hydrogens is 302 g/mol. The molecule has 0 bridgehead atoms. The van der Waals surface area contributed by atoms with Gasteiger partial charge < -0.3 is 19.5 Å². The molecule has 0 unspecified atom stereocenters. The first-order valence-corrected chi connectivity index (χ1v) is 8.42. The van der Waals surface area contributed by atoms with Crippen molar-refractivity contribution in [3.05, 3.63) is 53.6 Å². The van der Waals surface area contributed by atoms with Crippen molar-refractivity contribution in [3.63, 3.8) is 0 Å². The third-order valence-corrected chi connectivity index (χ3v) is 4.21. The molecule has 0 spiro atoms. The number of hydrogen-bond donors (Lipinski definition) is 1. The Labute approximate surface area is 143 Å². The summed E-state index contributed by atoms with van der Waals surface area (Å²) in [6, 6.07) is 14.1. The van der Waals surface area contributed by atoms with Crippen LogP contribution in [0.2, 0.25) is 0 Å². The van der Waals surface area contributed by atoms with E-state index in [-0.39, 0.29) is 0 Å². The van der Waals surface area contributed by atoms with Crippen LogP contribution in [0.5, 0.6) is 17.2 Å². The highest BCUT2D eigenvalue weighted by atomic mass is 16.5. The van der Waals surface area contributed by atoms with E-state index in [1.807, 2.05) is 42.5 Å². The quantitative estimate of drug-likeness (QED) is 0.761. The van der Waals surface area contributed by atoms with Crippen LogP contribution in [0, 0.1) is 5.92 Å². The summed E-state index contributed by atoms with van der Waals surface area (Å²) < 4.78 is 17.0. The fourth-order valence-corrected chi connectivity index (χ4v) is 2.65. The lowest BCUT2D eigenvalue weighted by molar-refractivity contribution is 0.265. The summed E-state index contributed by atoms with van der Waals surface area (Å²) in [6.07, 6.45) is 2.71. The van der Waals surface area contributed by atoms with Gasteiger partial charge in [-0.15, -0.1) is 0 Å². The summed E-state index contributed by atoms with van der Waals surface area (Å²) in [4.78, 5) is 0. The number of ether oxygens (including phenoxy) is 3. The maximum Gasteiger partial charge on any atom is 0.203 e. The van der Waals surface area contributed by atoms with Gasteiger partial charge in [-0.1, -0.05) is 30.3 Å². The molecule has 2 aromatic rings. The van der Waals surface area contributed by atoms with E-state index >= 15 is 0 Å². The molecule has 0 amide bonds. The highest BCUT2D eigenvalue weighted by molar-refractivity contribution is 5.54. The number of rotatable bonds is 9. The minimum atomic E-state index is 0.479. The van der Waals surface area contributed by atoms with Crippen molar-refractivity contribution < 1.29 is 14.2 Å². The lowest BCUT2D eigenvalue weighted by Crippen LogP contribution is -2.16. The van der Waals surface area contributed by atoms with Crippen molar-refractivity contribution in [1.82, 2.24) is 5.32 Å². The van der Waals surface area contributed by atoms with Gasteiger partial charge in [0.15, 0.2) is 11.5 Å². The van der Waals surface area contributed by atoms with Gasteiger partial charge in [-0.05, 0) is 48.6 Å². The molecule has 0 aromatic heterocycles. The smallest absolute Gasteiger partial charge is 0.203 e. The number of methoxy groups -OCH3 is 2. The molecule has 0 heterocycles. The fourth-order valence-electron chi connectivity index (χ4n) is 2.65. The second-order valence-electron chi connectivity index (χ2n) is 6.18. The molecule has 128 valence electrons. The van der Waals surface area contributed by atoms with E-state index in [1.165, 1.54) is 12.8 Å². The lowest BCUT2D eigenvalue weighted by Gasteiger charge is -2.16. The summed E-state index contributed by atoms with van der Waals surface area (Å²) in [5.41, 5.74) is 2.24. The minimum absolute atomic E-state index is 0.479. The van der Waals surface area contributed by atoms with Gasteiger partial charge in [0, 0.05) is 6.54 Å². The van der Waals surface area contributed by atoms with Crippen molar-refractivity contribution in [2.24, 2.45) is 5.92 Å². The number of nitrogens with one attached hydrogen (secondary N) is 1. The van der Waals surface area contributed by atoms with Gasteiger partial charge in [-0.25, -0.2) is 0 Å². The van der Waals surface area contributed by atoms with E-state index in [4.69, 9.17) is 14.2 Å². The van der Waals surface area contributed by atoms with Crippen LogP contribution in [0.3, 0.4) is 0 Å². The van der Waals surface area contributed by atoms with E-state index in [2.05, 4.69) is 5.32 Å². The molecule has 24 heavy (non-hydrogen) atoms. The van der Waals surface area contributed by atoms with Gasteiger partial charge in [0.2, 0.25) is 5.75 Å². The normalized spacial score (nSPS) is 13.6. The summed E-state index contributed by atoms with van der Waals surface area (Å²) in [7, 11) is 3.32. The van der Waals surface area contributed by atoms with Crippen molar-refractivity contribution >= 4 is 0 Å². The number of benzene rings is 2. The highest BCUT2D eigenvalue weighted by Crippen LogP contribution is 2.39. The molecule has 1 fully saturated rings. The highest BCUT2D eigenvalue weighted by Gasteiger charge is 2.20. The molecule has 3 rings (SSSR count). The summed E-state index contributed by atoms with van der Waals surface area (Å²) in [5.74, 6) is 2.92. The second kappa shape index (κ2) is 8.06. The van der Waals surface area contributed by atoms with Crippen molar-refractivity contribution in [1.29, 1.82) is 0 Å². The maximum atomic E-state index is 5.97. The van der Waals surface area contributed by atoms with Gasteiger partial charge in [0.25, 0.3) is 0 Å². The van der Waals surface area contributed by atoms with Crippen LogP contribution in [-0.2, 0) is 13.2 Å². The van der Waals surface area contributed by atoms with Crippen molar-refractivity contribution in [2.45, 2.75) is 26.0 Å². The molecule has 0 atom stereocenters. The van der Waals surface area contributed by atoms with Crippen molar-refractivity contribution in [3.8, 4) is 17.2 Å². The largest absolute Gasteiger partial charge is 0.493 e.